The van der Waals surface area contributed by atoms with Gasteiger partial charge in [0.15, 0.2) is 11.5 Å². The predicted molar refractivity (Wildman–Crippen MR) is 114 cm³/mol. The van der Waals surface area contributed by atoms with E-state index in [1.165, 1.54) is 6.07 Å². The maximum Gasteiger partial charge on any atom is 0.338 e. The maximum absolute atomic E-state index is 12.6. The Labute approximate surface area is 175 Å². The van der Waals surface area contributed by atoms with Crippen molar-refractivity contribution in [1.29, 1.82) is 0 Å². The van der Waals surface area contributed by atoms with Crippen molar-refractivity contribution < 1.29 is 23.4 Å². The molecule has 0 atom stereocenters. The van der Waals surface area contributed by atoms with Gasteiger partial charge in [0.1, 0.15) is 12.2 Å². The number of ether oxygens (including phenoxy) is 3. The lowest BCUT2D eigenvalue weighted by Crippen LogP contribution is -2.09. The molecule has 2 aromatic carbocycles. The minimum Gasteiger partial charge on any atom is -0.490 e. The van der Waals surface area contributed by atoms with Crippen molar-refractivity contribution in [2.24, 2.45) is 0 Å². The summed E-state index contributed by atoms with van der Waals surface area (Å²) in [6.07, 6.45) is 0.868. The van der Waals surface area contributed by atoms with E-state index in [4.69, 9.17) is 18.6 Å². The first-order valence-corrected chi connectivity index (χ1v) is 10.0. The fourth-order valence-electron chi connectivity index (χ4n) is 3.11. The van der Waals surface area contributed by atoms with Crippen molar-refractivity contribution in [3.8, 4) is 11.5 Å². The van der Waals surface area contributed by atoms with E-state index in [9.17, 15) is 9.59 Å². The van der Waals surface area contributed by atoms with Gasteiger partial charge >= 0.3 is 11.6 Å². The smallest absolute Gasteiger partial charge is 0.338 e. The Morgan fingerprint density at radius 3 is 2.53 bits per heavy atom. The largest absolute Gasteiger partial charge is 0.490 e. The monoisotopic (exact) mass is 410 g/mol. The lowest BCUT2D eigenvalue weighted by atomic mass is 10.0. The van der Waals surface area contributed by atoms with Crippen LogP contribution in [0.15, 0.2) is 45.6 Å². The molecule has 6 heteroatoms. The van der Waals surface area contributed by atoms with Crippen LogP contribution in [0.5, 0.6) is 11.5 Å². The van der Waals surface area contributed by atoms with Crippen LogP contribution >= 0.6 is 0 Å². The third-order valence-electron chi connectivity index (χ3n) is 4.82. The number of esters is 1. The van der Waals surface area contributed by atoms with Gasteiger partial charge in [-0.25, -0.2) is 9.59 Å². The molecule has 0 aliphatic rings. The molecule has 0 saturated carbocycles. The Bertz CT molecular complexity index is 1110. The second-order valence-corrected chi connectivity index (χ2v) is 6.99. The van der Waals surface area contributed by atoms with Crippen molar-refractivity contribution in [2.45, 2.75) is 40.7 Å². The molecular formula is C24H26O6. The molecule has 0 bridgehead atoms. The highest BCUT2D eigenvalue weighted by Crippen LogP contribution is 2.29. The third-order valence-corrected chi connectivity index (χ3v) is 4.82. The van der Waals surface area contributed by atoms with E-state index in [0.717, 1.165) is 22.9 Å². The normalized spacial score (nSPS) is 10.8. The zero-order valence-corrected chi connectivity index (χ0v) is 17.7. The molecule has 0 radical (unpaired) electrons. The molecule has 0 amide bonds. The van der Waals surface area contributed by atoms with Crippen LogP contribution in [0.25, 0.3) is 11.0 Å². The second-order valence-electron chi connectivity index (χ2n) is 6.99. The van der Waals surface area contributed by atoms with Crippen molar-refractivity contribution in [3.63, 3.8) is 0 Å². The Balaban J connectivity index is 1.83. The van der Waals surface area contributed by atoms with Crippen molar-refractivity contribution >= 4 is 16.9 Å². The molecule has 0 saturated heterocycles. The average molecular weight is 410 g/mol. The fraction of sp³-hybridized carbons (Fsp3) is 0.333. The number of hydrogen-bond donors (Lipinski definition) is 0. The second kappa shape index (κ2) is 9.48. The number of carbonyl (C=O) groups is 1. The van der Waals surface area contributed by atoms with Gasteiger partial charge in [-0.1, -0.05) is 19.1 Å². The van der Waals surface area contributed by atoms with E-state index in [1.54, 1.807) is 18.2 Å². The molecule has 158 valence electrons. The van der Waals surface area contributed by atoms with Gasteiger partial charge in [-0.3, -0.25) is 0 Å². The molecular weight excluding hydrogens is 384 g/mol. The van der Waals surface area contributed by atoms with Crippen LogP contribution in [0.2, 0.25) is 0 Å². The van der Waals surface area contributed by atoms with Crippen LogP contribution < -0.4 is 15.1 Å². The minimum absolute atomic E-state index is 0.0402. The molecule has 3 aromatic rings. The Kier molecular flexibility index (Phi) is 6.77. The van der Waals surface area contributed by atoms with Crippen LogP contribution in [-0.4, -0.2) is 19.2 Å². The van der Waals surface area contributed by atoms with Crippen LogP contribution in [0.4, 0.5) is 0 Å². The van der Waals surface area contributed by atoms with E-state index in [2.05, 4.69) is 0 Å². The minimum atomic E-state index is -0.511. The van der Waals surface area contributed by atoms with Crippen molar-refractivity contribution in [3.05, 3.63) is 69.1 Å². The fourth-order valence-corrected chi connectivity index (χ4v) is 3.11. The molecule has 1 heterocycles. The summed E-state index contributed by atoms with van der Waals surface area (Å²) in [5.74, 6) is 0.577. The van der Waals surface area contributed by atoms with Crippen LogP contribution in [0.3, 0.4) is 0 Å². The number of carbonyl (C=O) groups excluding carboxylic acids is 1. The highest BCUT2D eigenvalue weighted by atomic mass is 16.5. The summed E-state index contributed by atoms with van der Waals surface area (Å²) in [6.45, 7) is 8.70. The van der Waals surface area contributed by atoms with Crippen molar-refractivity contribution in [1.82, 2.24) is 0 Å². The lowest BCUT2D eigenvalue weighted by Gasteiger charge is -2.13. The van der Waals surface area contributed by atoms with E-state index >= 15 is 0 Å². The highest BCUT2D eigenvalue weighted by Gasteiger charge is 2.15. The summed E-state index contributed by atoms with van der Waals surface area (Å²) in [5.41, 5.74) is 2.91. The molecule has 0 aliphatic heterocycles. The topological polar surface area (TPSA) is 75.0 Å². The van der Waals surface area contributed by atoms with Gasteiger partial charge in [0.05, 0.1) is 18.8 Å². The third kappa shape index (κ3) is 4.64. The quantitative estimate of drug-likeness (QED) is 0.386. The molecule has 0 aliphatic carbocycles. The molecule has 0 fully saturated rings. The molecule has 0 N–H and O–H groups in total. The summed E-state index contributed by atoms with van der Waals surface area (Å²) in [5, 5.41) is 0.754. The molecule has 1 aromatic heterocycles. The average Bonchev–Trinajstić information content (AvgIpc) is 2.74. The van der Waals surface area contributed by atoms with Crippen LogP contribution in [-0.2, 0) is 11.3 Å². The first-order chi connectivity index (χ1) is 14.4. The highest BCUT2D eigenvalue weighted by molar-refractivity contribution is 5.90. The number of aryl methyl sites for hydroxylation is 2. The lowest BCUT2D eigenvalue weighted by molar-refractivity contribution is 0.0473. The van der Waals surface area contributed by atoms with Gasteiger partial charge in [0, 0.05) is 17.0 Å². The zero-order valence-electron chi connectivity index (χ0n) is 17.7. The van der Waals surface area contributed by atoms with E-state index in [0.29, 0.717) is 41.4 Å². The van der Waals surface area contributed by atoms with Gasteiger partial charge in [0.25, 0.3) is 0 Å². The van der Waals surface area contributed by atoms with Crippen LogP contribution in [0, 0.1) is 13.8 Å². The number of fused-ring (bicyclic) bond motifs is 1. The Hall–Kier alpha value is -3.28. The predicted octanol–water partition coefficient (Wildman–Crippen LogP) is 4.95. The molecule has 6 nitrogen and oxygen atoms in total. The summed E-state index contributed by atoms with van der Waals surface area (Å²) < 4.78 is 22.1. The standard InChI is InChI=1S/C24H26O6/c1-5-11-28-20-10-8-17(12-21(20)27-6-2)24(26)29-14-18-13-22(25)30-23-16(4)15(3)7-9-19(18)23/h7-10,12-13H,5-6,11,14H2,1-4H3. The number of benzene rings is 2. The first-order valence-electron chi connectivity index (χ1n) is 10.0. The van der Waals surface area contributed by atoms with E-state index in [1.807, 2.05) is 39.8 Å². The van der Waals surface area contributed by atoms with E-state index in [-0.39, 0.29) is 6.61 Å². The number of rotatable bonds is 8. The van der Waals surface area contributed by atoms with E-state index < -0.39 is 11.6 Å². The maximum atomic E-state index is 12.6. The number of hydrogen-bond acceptors (Lipinski definition) is 6. The van der Waals surface area contributed by atoms with Gasteiger partial charge in [-0.05, 0) is 56.5 Å². The van der Waals surface area contributed by atoms with Crippen LogP contribution in [0.1, 0.15) is 47.3 Å². The van der Waals surface area contributed by atoms with Crippen molar-refractivity contribution in [2.75, 3.05) is 13.2 Å². The molecule has 30 heavy (non-hydrogen) atoms. The molecule has 0 spiro atoms. The van der Waals surface area contributed by atoms with Gasteiger partial charge in [0.2, 0.25) is 0 Å². The zero-order chi connectivity index (χ0) is 21.7. The van der Waals surface area contributed by atoms with Gasteiger partial charge in [-0.15, -0.1) is 0 Å². The molecule has 3 rings (SSSR count). The Morgan fingerprint density at radius 1 is 1.00 bits per heavy atom. The summed E-state index contributed by atoms with van der Waals surface area (Å²) in [7, 11) is 0. The first kappa shape index (κ1) is 21.4. The van der Waals surface area contributed by atoms with Gasteiger partial charge < -0.3 is 18.6 Å². The van der Waals surface area contributed by atoms with Gasteiger partial charge in [-0.2, -0.15) is 0 Å². The summed E-state index contributed by atoms with van der Waals surface area (Å²) in [6, 6.07) is 10.1. The molecule has 0 unspecified atom stereocenters. The summed E-state index contributed by atoms with van der Waals surface area (Å²) >= 11 is 0. The Morgan fingerprint density at radius 2 is 1.80 bits per heavy atom. The SMILES string of the molecule is CCCOc1ccc(C(=O)OCc2cc(=O)oc3c(C)c(C)ccc23)cc1OCC. The summed E-state index contributed by atoms with van der Waals surface area (Å²) in [4.78, 5) is 24.6.